The van der Waals surface area contributed by atoms with E-state index < -0.39 is 9.84 Å². The van der Waals surface area contributed by atoms with Gasteiger partial charge in [0, 0.05) is 0 Å². The van der Waals surface area contributed by atoms with Crippen LogP contribution < -0.4 is 0 Å². The van der Waals surface area contributed by atoms with Crippen LogP contribution in [0.2, 0.25) is 0 Å². The molecule has 2 nitrogen and oxygen atoms in total. The van der Waals surface area contributed by atoms with Gasteiger partial charge in [0.2, 0.25) is 0 Å². The van der Waals surface area contributed by atoms with Crippen molar-refractivity contribution in [3.8, 4) is 0 Å². The third kappa shape index (κ3) is 12.8. The minimum atomic E-state index is -3.17. The first-order valence-corrected chi connectivity index (χ1v) is 12.7. The van der Waals surface area contributed by atoms with Crippen LogP contribution in [-0.4, -0.2) is 14.2 Å². The van der Waals surface area contributed by atoms with E-state index in [9.17, 15) is 8.42 Å². The van der Waals surface area contributed by atoms with Gasteiger partial charge in [0.05, 0.1) is 10.6 Å². The Morgan fingerprint density at radius 1 is 0.667 bits per heavy atom. The number of hydrogen-bond donors (Lipinski definition) is 0. The van der Waals surface area contributed by atoms with Gasteiger partial charge in [-0.3, -0.25) is 0 Å². The minimum absolute atomic E-state index is 0.107. The highest BCUT2D eigenvalue weighted by atomic mass is 32.2. The second-order valence-corrected chi connectivity index (χ2v) is 9.63. The molecule has 0 heterocycles. The molecule has 27 heavy (non-hydrogen) atoms. The van der Waals surface area contributed by atoms with E-state index in [1.54, 1.807) is 24.3 Å². The first-order chi connectivity index (χ1) is 13.2. The zero-order chi connectivity index (χ0) is 19.6. The van der Waals surface area contributed by atoms with E-state index in [0.717, 1.165) is 6.42 Å². The third-order valence-corrected chi connectivity index (χ3v) is 6.68. The summed E-state index contributed by atoms with van der Waals surface area (Å²) in [5.41, 5.74) is 0. The number of hydrogen-bond acceptors (Lipinski definition) is 2. The predicted molar refractivity (Wildman–Crippen MR) is 118 cm³/mol. The molecule has 0 saturated carbocycles. The van der Waals surface area contributed by atoms with Crippen molar-refractivity contribution in [1.29, 1.82) is 0 Å². The van der Waals surface area contributed by atoms with Crippen molar-refractivity contribution in [2.75, 3.05) is 5.75 Å². The van der Waals surface area contributed by atoms with Gasteiger partial charge >= 0.3 is 0 Å². The van der Waals surface area contributed by atoms with Crippen LogP contribution in [0.5, 0.6) is 0 Å². The molecule has 0 radical (unpaired) electrons. The SMILES string of the molecule is CCCCCCCCCCCCCCC/C=C/CS(=O)(=O)c1ccccc1. The van der Waals surface area contributed by atoms with Crippen LogP contribution >= 0.6 is 0 Å². The Morgan fingerprint density at radius 2 is 1.15 bits per heavy atom. The lowest BCUT2D eigenvalue weighted by Gasteiger charge is -2.02. The lowest BCUT2D eigenvalue weighted by Crippen LogP contribution is -2.04. The zero-order valence-electron chi connectivity index (χ0n) is 17.4. The average Bonchev–Trinajstić information content (AvgIpc) is 2.68. The summed E-state index contributed by atoms with van der Waals surface area (Å²) in [6, 6.07) is 8.70. The first kappa shape index (κ1) is 23.9. The van der Waals surface area contributed by atoms with Crippen LogP contribution in [0.25, 0.3) is 0 Å². The Morgan fingerprint density at radius 3 is 1.67 bits per heavy atom. The Bertz CT molecular complexity index is 576. The summed E-state index contributed by atoms with van der Waals surface area (Å²) in [6.45, 7) is 2.27. The quantitative estimate of drug-likeness (QED) is 0.203. The molecular weight excluding hydrogens is 352 g/mol. The normalized spacial score (nSPS) is 12.0. The predicted octanol–water partition coefficient (Wildman–Crippen LogP) is 7.50. The van der Waals surface area contributed by atoms with Crippen molar-refractivity contribution in [1.82, 2.24) is 0 Å². The largest absolute Gasteiger partial charge is 0.223 e. The van der Waals surface area contributed by atoms with Gasteiger partial charge in [-0.25, -0.2) is 8.42 Å². The molecule has 1 aromatic carbocycles. The minimum Gasteiger partial charge on any atom is -0.223 e. The fourth-order valence-electron chi connectivity index (χ4n) is 3.32. The van der Waals surface area contributed by atoms with Crippen molar-refractivity contribution >= 4 is 9.84 Å². The fraction of sp³-hybridized carbons (Fsp3) is 0.667. The Balaban J connectivity index is 1.91. The molecule has 0 spiro atoms. The summed E-state index contributed by atoms with van der Waals surface area (Å²) >= 11 is 0. The lowest BCUT2D eigenvalue weighted by atomic mass is 10.0. The highest BCUT2D eigenvalue weighted by molar-refractivity contribution is 7.91. The summed E-state index contributed by atoms with van der Waals surface area (Å²) in [5, 5.41) is 0. The molecule has 0 unspecified atom stereocenters. The molecule has 1 rings (SSSR count). The summed E-state index contributed by atoms with van der Waals surface area (Å²) in [6.07, 6.45) is 22.5. The molecular formula is C24H40O2S. The van der Waals surface area contributed by atoms with Gasteiger partial charge in [-0.15, -0.1) is 0 Å². The van der Waals surface area contributed by atoms with E-state index >= 15 is 0 Å². The van der Waals surface area contributed by atoms with Crippen LogP contribution in [0.15, 0.2) is 47.4 Å². The van der Waals surface area contributed by atoms with Crippen LogP contribution in [0.1, 0.15) is 96.8 Å². The fourth-order valence-corrected chi connectivity index (χ4v) is 4.47. The highest BCUT2D eigenvalue weighted by Gasteiger charge is 2.10. The van der Waals surface area contributed by atoms with Gasteiger partial charge < -0.3 is 0 Å². The van der Waals surface area contributed by atoms with Crippen molar-refractivity contribution in [3.05, 3.63) is 42.5 Å². The molecule has 0 amide bonds. The van der Waals surface area contributed by atoms with E-state index in [1.165, 1.54) is 83.5 Å². The molecule has 0 aliphatic heterocycles. The second-order valence-electron chi connectivity index (χ2n) is 7.60. The molecule has 0 bridgehead atoms. The Hall–Kier alpha value is -1.09. The topological polar surface area (TPSA) is 34.1 Å². The third-order valence-electron chi connectivity index (χ3n) is 5.06. The number of rotatable bonds is 17. The molecule has 0 aliphatic carbocycles. The summed E-state index contributed by atoms with van der Waals surface area (Å²) in [4.78, 5) is 0.413. The Labute approximate surface area is 168 Å². The second kappa shape index (κ2) is 15.9. The van der Waals surface area contributed by atoms with Crippen LogP contribution in [0.3, 0.4) is 0 Å². The average molecular weight is 393 g/mol. The van der Waals surface area contributed by atoms with Gasteiger partial charge in [-0.2, -0.15) is 0 Å². The molecule has 1 aromatic rings. The maximum Gasteiger partial charge on any atom is 0.181 e. The molecule has 0 atom stereocenters. The molecule has 0 aromatic heterocycles. The summed E-state index contributed by atoms with van der Waals surface area (Å²) in [5.74, 6) is 0.107. The van der Waals surface area contributed by atoms with Crippen LogP contribution in [0.4, 0.5) is 0 Å². The molecule has 0 N–H and O–H groups in total. The number of unbranched alkanes of at least 4 members (excludes halogenated alkanes) is 13. The molecule has 154 valence electrons. The van der Waals surface area contributed by atoms with Crippen molar-refractivity contribution in [3.63, 3.8) is 0 Å². The number of allylic oxidation sites excluding steroid dienone is 1. The molecule has 0 saturated heterocycles. The van der Waals surface area contributed by atoms with E-state index in [1.807, 2.05) is 18.2 Å². The molecule has 3 heteroatoms. The van der Waals surface area contributed by atoms with Gasteiger partial charge in [0.15, 0.2) is 9.84 Å². The van der Waals surface area contributed by atoms with Gasteiger partial charge in [0.1, 0.15) is 0 Å². The standard InChI is InChI=1S/C24H40O2S/c1-2-3-4-5-6-7-8-9-10-11-12-13-14-15-16-20-23-27(25,26)24-21-18-17-19-22-24/h16-22H,2-15,23H2,1H3/b20-16+. The van der Waals surface area contributed by atoms with Gasteiger partial charge in [0.25, 0.3) is 0 Å². The maximum absolute atomic E-state index is 12.1. The number of benzene rings is 1. The smallest absolute Gasteiger partial charge is 0.181 e. The van der Waals surface area contributed by atoms with E-state index in [-0.39, 0.29) is 5.75 Å². The van der Waals surface area contributed by atoms with Gasteiger partial charge in [-0.1, -0.05) is 114 Å². The van der Waals surface area contributed by atoms with Gasteiger partial charge in [-0.05, 0) is 25.0 Å². The molecule has 0 fully saturated rings. The van der Waals surface area contributed by atoms with E-state index in [0.29, 0.717) is 4.90 Å². The maximum atomic E-state index is 12.1. The molecule has 0 aliphatic rings. The monoisotopic (exact) mass is 392 g/mol. The highest BCUT2D eigenvalue weighted by Crippen LogP contribution is 2.13. The first-order valence-electron chi connectivity index (χ1n) is 11.1. The summed E-state index contributed by atoms with van der Waals surface area (Å²) < 4.78 is 24.3. The lowest BCUT2D eigenvalue weighted by molar-refractivity contribution is 0.540. The summed E-state index contributed by atoms with van der Waals surface area (Å²) in [7, 11) is -3.17. The Kier molecular flexibility index (Phi) is 14.1. The van der Waals surface area contributed by atoms with E-state index in [4.69, 9.17) is 0 Å². The zero-order valence-corrected chi connectivity index (χ0v) is 18.2. The van der Waals surface area contributed by atoms with Crippen LogP contribution in [-0.2, 0) is 9.84 Å². The van der Waals surface area contributed by atoms with E-state index in [2.05, 4.69) is 6.92 Å². The van der Waals surface area contributed by atoms with Crippen molar-refractivity contribution < 1.29 is 8.42 Å². The van der Waals surface area contributed by atoms with Crippen LogP contribution in [0, 0.1) is 0 Å². The number of sulfone groups is 1. The van der Waals surface area contributed by atoms with Crippen molar-refractivity contribution in [2.24, 2.45) is 0 Å². The van der Waals surface area contributed by atoms with Crippen molar-refractivity contribution in [2.45, 2.75) is 102 Å².